The van der Waals surface area contributed by atoms with Gasteiger partial charge in [-0.1, -0.05) is 6.07 Å². The molecule has 0 radical (unpaired) electrons. The number of benzene rings is 1. The van der Waals surface area contributed by atoms with E-state index in [1.807, 2.05) is 25.1 Å². The molecule has 0 aliphatic carbocycles. The third-order valence-electron chi connectivity index (χ3n) is 4.96. The summed E-state index contributed by atoms with van der Waals surface area (Å²) in [5.74, 6) is 0.979. The average Bonchev–Trinajstić information content (AvgIpc) is 2.78. The van der Waals surface area contributed by atoms with Crippen LogP contribution in [-0.4, -0.2) is 67.1 Å². The van der Waals surface area contributed by atoms with Crippen molar-refractivity contribution in [3.05, 3.63) is 53.9 Å². The molecule has 1 aliphatic heterocycles. The highest BCUT2D eigenvalue weighted by molar-refractivity contribution is 5.97. The van der Waals surface area contributed by atoms with Crippen molar-refractivity contribution < 1.29 is 19.1 Å². The third kappa shape index (κ3) is 4.77. The van der Waals surface area contributed by atoms with E-state index in [-0.39, 0.29) is 18.0 Å². The molecule has 1 aromatic carbocycles. The lowest BCUT2D eigenvalue weighted by Gasteiger charge is -2.35. The zero-order chi connectivity index (χ0) is 20.8. The molecule has 1 fully saturated rings. The second-order valence-corrected chi connectivity index (χ2v) is 6.77. The van der Waals surface area contributed by atoms with Crippen LogP contribution in [0.5, 0.6) is 11.5 Å². The number of methoxy groups -OCH3 is 2. The van der Waals surface area contributed by atoms with E-state index in [4.69, 9.17) is 9.47 Å². The number of amides is 3. The lowest BCUT2D eigenvalue weighted by atomic mass is 10.1. The van der Waals surface area contributed by atoms with Gasteiger partial charge in [0, 0.05) is 38.4 Å². The van der Waals surface area contributed by atoms with E-state index in [2.05, 4.69) is 10.3 Å². The molecular formula is C21H26N4O4. The van der Waals surface area contributed by atoms with Gasteiger partial charge in [-0.3, -0.25) is 9.78 Å². The topological polar surface area (TPSA) is 84.0 Å². The first-order valence-corrected chi connectivity index (χ1v) is 9.51. The molecule has 2 aromatic rings. The molecule has 3 amide bonds. The molecule has 8 nitrogen and oxygen atoms in total. The highest BCUT2D eigenvalue weighted by Gasteiger charge is 2.27. The number of hydrogen-bond acceptors (Lipinski definition) is 5. The SMILES string of the molecule is COc1ccc(C(=O)N2CCN(C(=O)NC(C)c3ccccn3)CC2)c(OC)c1. The Labute approximate surface area is 170 Å². The minimum Gasteiger partial charge on any atom is -0.497 e. The van der Waals surface area contributed by atoms with Gasteiger partial charge in [-0.25, -0.2) is 4.79 Å². The molecule has 3 rings (SSSR count). The minimum absolute atomic E-state index is 0.119. The first-order chi connectivity index (χ1) is 14.0. The quantitative estimate of drug-likeness (QED) is 0.836. The van der Waals surface area contributed by atoms with E-state index < -0.39 is 0 Å². The molecule has 1 saturated heterocycles. The number of urea groups is 1. The van der Waals surface area contributed by atoms with E-state index in [1.54, 1.807) is 41.3 Å². The maximum Gasteiger partial charge on any atom is 0.318 e. The number of ether oxygens (including phenoxy) is 2. The fourth-order valence-electron chi connectivity index (χ4n) is 3.24. The van der Waals surface area contributed by atoms with Gasteiger partial charge < -0.3 is 24.6 Å². The number of rotatable bonds is 5. The summed E-state index contributed by atoms with van der Waals surface area (Å²) in [6, 6.07) is 10.4. The number of piperazine rings is 1. The van der Waals surface area contributed by atoms with E-state index in [0.29, 0.717) is 43.2 Å². The monoisotopic (exact) mass is 398 g/mol. The average molecular weight is 398 g/mol. The van der Waals surface area contributed by atoms with Crippen LogP contribution in [0, 0.1) is 0 Å². The number of nitrogens with one attached hydrogen (secondary N) is 1. The standard InChI is InChI=1S/C21H26N4O4/c1-15(18-6-4-5-9-22-18)23-21(27)25-12-10-24(11-13-25)20(26)17-8-7-16(28-2)14-19(17)29-3/h4-9,14-15H,10-13H2,1-3H3,(H,23,27). The minimum atomic E-state index is -0.188. The van der Waals surface area contributed by atoms with Gasteiger partial charge in [-0.05, 0) is 31.2 Å². The Kier molecular flexibility index (Phi) is 6.54. The highest BCUT2D eigenvalue weighted by atomic mass is 16.5. The Bertz CT molecular complexity index is 851. The molecular weight excluding hydrogens is 372 g/mol. The van der Waals surface area contributed by atoms with Gasteiger partial charge in [-0.15, -0.1) is 0 Å². The van der Waals surface area contributed by atoms with Gasteiger partial charge in [-0.2, -0.15) is 0 Å². The Morgan fingerprint density at radius 2 is 1.76 bits per heavy atom. The van der Waals surface area contributed by atoms with Gasteiger partial charge in [0.1, 0.15) is 11.5 Å². The van der Waals surface area contributed by atoms with Crippen molar-refractivity contribution >= 4 is 11.9 Å². The first kappa shape index (κ1) is 20.4. The Balaban J connectivity index is 1.57. The zero-order valence-corrected chi connectivity index (χ0v) is 16.9. The summed E-state index contributed by atoms with van der Waals surface area (Å²) in [7, 11) is 3.09. The van der Waals surface area contributed by atoms with Crippen LogP contribution in [0.3, 0.4) is 0 Å². The van der Waals surface area contributed by atoms with Crippen LogP contribution >= 0.6 is 0 Å². The Morgan fingerprint density at radius 1 is 1.03 bits per heavy atom. The summed E-state index contributed by atoms with van der Waals surface area (Å²) in [5, 5.41) is 2.96. The molecule has 1 atom stereocenters. The van der Waals surface area contributed by atoms with Crippen molar-refractivity contribution in [1.82, 2.24) is 20.1 Å². The first-order valence-electron chi connectivity index (χ1n) is 9.51. The summed E-state index contributed by atoms with van der Waals surface area (Å²) >= 11 is 0. The second-order valence-electron chi connectivity index (χ2n) is 6.77. The second kappa shape index (κ2) is 9.27. The summed E-state index contributed by atoms with van der Waals surface area (Å²) < 4.78 is 10.5. The Hall–Kier alpha value is -3.29. The van der Waals surface area contributed by atoms with E-state index in [0.717, 1.165) is 5.69 Å². The van der Waals surface area contributed by atoms with Crippen molar-refractivity contribution in [2.75, 3.05) is 40.4 Å². The molecule has 154 valence electrons. The summed E-state index contributed by atoms with van der Waals surface area (Å²) in [5.41, 5.74) is 1.29. The third-order valence-corrected chi connectivity index (χ3v) is 4.96. The fourth-order valence-corrected chi connectivity index (χ4v) is 3.24. The van der Waals surface area contributed by atoms with Crippen LogP contribution in [0.1, 0.15) is 29.0 Å². The number of nitrogens with zero attached hydrogens (tertiary/aromatic N) is 3. The molecule has 2 heterocycles. The van der Waals surface area contributed by atoms with Crippen molar-refractivity contribution in [3.8, 4) is 11.5 Å². The number of pyridine rings is 1. The summed E-state index contributed by atoms with van der Waals surface area (Å²) in [4.78, 5) is 33.2. The van der Waals surface area contributed by atoms with Crippen molar-refractivity contribution in [3.63, 3.8) is 0 Å². The van der Waals surface area contributed by atoms with E-state index in [9.17, 15) is 9.59 Å². The lowest BCUT2D eigenvalue weighted by molar-refractivity contribution is 0.0660. The van der Waals surface area contributed by atoms with E-state index >= 15 is 0 Å². The molecule has 1 unspecified atom stereocenters. The van der Waals surface area contributed by atoms with Gasteiger partial charge in [0.15, 0.2) is 0 Å². The largest absolute Gasteiger partial charge is 0.497 e. The summed E-state index contributed by atoms with van der Waals surface area (Å²) in [6.07, 6.45) is 1.70. The van der Waals surface area contributed by atoms with Crippen molar-refractivity contribution in [2.24, 2.45) is 0 Å². The van der Waals surface area contributed by atoms with Gasteiger partial charge in [0.25, 0.3) is 5.91 Å². The normalized spacial score (nSPS) is 14.9. The van der Waals surface area contributed by atoms with Crippen molar-refractivity contribution in [2.45, 2.75) is 13.0 Å². The van der Waals surface area contributed by atoms with Gasteiger partial charge in [0.2, 0.25) is 0 Å². The number of carbonyl (C=O) groups excluding carboxylic acids is 2. The molecule has 29 heavy (non-hydrogen) atoms. The molecule has 0 saturated carbocycles. The van der Waals surface area contributed by atoms with Gasteiger partial charge >= 0.3 is 6.03 Å². The molecule has 1 aliphatic rings. The number of aromatic nitrogens is 1. The maximum absolute atomic E-state index is 12.9. The maximum atomic E-state index is 12.9. The zero-order valence-electron chi connectivity index (χ0n) is 16.9. The molecule has 0 bridgehead atoms. The number of carbonyl (C=O) groups is 2. The van der Waals surface area contributed by atoms with Crippen LogP contribution in [0.25, 0.3) is 0 Å². The van der Waals surface area contributed by atoms with Crippen LogP contribution in [-0.2, 0) is 0 Å². The van der Waals surface area contributed by atoms with Crippen molar-refractivity contribution in [1.29, 1.82) is 0 Å². The van der Waals surface area contributed by atoms with Crippen LogP contribution in [0.2, 0.25) is 0 Å². The molecule has 0 spiro atoms. The number of hydrogen-bond donors (Lipinski definition) is 1. The molecule has 1 aromatic heterocycles. The van der Waals surface area contributed by atoms with Crippen LogP contribution in [0.15, 0.2) is 42.6 Å². The fraction of sp³-hybridized carbons (Fsp3) is 0.381. The smallest absolute Gasteiger partial charge is 0.318 e. The molecule has 8 heteroatoms. The highest BCUT2D eigenvalue weighted by Crippen LogP contribution is 2.26. The van der Waals surface area contributed by atoms with Crippen LogP contribution in [0.4, 0.5) is 4.79 Å². The lowest BCUT2D eigenvalue weighted by Crippen LogP contribution is -2.53. The van der Waals surface area contributed by atoms with Gasteiger partial charge in [0.05, 0.1) is 31.5 Å². The van der Waals surface area contributed by atoms with E-state index in [1.165, 1.54) is 7.11 Å². The predicted octanol–water partition coefficient (Wildman–Crippen LogP) is 2.33. The summed E-state index contributed by atoms with van der Waals surface area (Å²) in [6.45, 7) is 3.74. The Morgan fingerprint density at radius 3 is 2.38 bits per heavy atom. The molecule has 1 N–H and O–H groups in total. The predicted molar refractivity (Wildman–Crippen MR) is 108 cm³/mol. The van der Waals surface area contributed by atoms with Crippen LogP contribution < -0.4 is 14.8 Å².